The summed E-state index contributed by atoms with van der Waals surface area (Å²) in [5, 5.41) is 21.1. The summed E-state index contributed by atoms with van der Waals surface area (Å²) in [5.74, 6) is -0.366. The van der Waals surface area contributed by atoms with Crippen LogP contribution in [0.2, 0.25) is 0 Å². The quantitative estimate of drug-likeness (QED) is 0.114. The van der Waals surface area contributed by atoms with Gasteiger partial charge in [0, 0.05) is 6.42 Å². The van der Waals surface area contributed by atoms with Gasteiger partial charge < -0.3 is 35.2 Å². The second kappa shape index (κ2) is 9.19. The Labute approximate surface area is 186 Å². The third-order valence-electron chi connectivity index (χ3n) is 4.21. The lowest BCUT2D eigenvalue weighted by atomic mass is 10.2. The molecule has 5 atom stereocenters. The number of nitrogens with one attached hydrogen (secondary N) is 1. The number of ether oxygens (including phenoxy) is 1. The summed E-state index contributed by atoms with van der Waals surface area (Å²) in [7, 11) is -16.8. The smallest absolute Gasteiger partial charge is 0.390 e. The van der Waals surface area contributed by atoms with Crippen molar-refractivity contribution < 1.29 is 61.2 Å². The van der Waals surface area contributed by atoms with Crippen LogP contribution in [0, 0.1) is 10.1 Å². The molecule has 1 saturated heterocycles. The van der Waals surface area contributed by atoms with Crippen molar-refractivity contribution >= 4 is 46.1 Å². The van der Waals surface area contributed by atoms with Gasteiger partial charge in [-0.1, -0.05) is 0 Å². The number of phosphoric acid groups is 3. The average Bonchev–Trinajstić information content (AvgIpc) is 3.17. The molecule has 8 N–H and O–H groups in total. The Balaban J connectivity index is 1.77. The number of aliphatic hydroxyl groups is 1. The first-order chi connectivity index (χ1) is 15.5. The first-order valence-electron chi connectivity index (χ1n) is 8.64. The Kier molecular flexibility index (Phi) is 7.18. The van der Waals surface area contributed by atoms with Crippen molar-refractivity contribution in [3.63, 3.8) is 0 Å². The molecule has 190 valence electrons. The summed E-state index contributed by atoms with van der Waals surface area (Å²) in [5.41, 5.74) is 3.68. The monoisotopic (exact) mass is 551 g/mol. The van der Waals surface area contributed by atoms with E-state index in [9.17, 15) is 38.6 Å². The maximum atomic E-state index is 12.1. The molecule has 1 aliphatic heterocycles. The SMILES string of the molecule is Nc1nc2c(c([N+](=O)[O-])cn2[C@H]2C[C@H](O)[C@@H](COP(=O)(O)OP(=O)(O)OP(=O)(O)O)O2)c(=O)[nH]1. The van der Waals surface area contributed by atoms with Gasteiger partial charge in [-0.25, -0.2) is 13.7 Å². The van der Waals surface area contributed by atoms with E-state index in [0.717, 1.165) is 10.8 Å². The molecule has 2 aromatic rings. The Morgan fingerprint density at radius 2 is 1.91 bits per heavy atom. The van der Waals surface area contributed by atoms with Crippen molar-refractivity contribution in [2.75, 3.05) is 12.3 Å². The predicted octanol–water partition coefficient (Wildman–Crippen LogP) is -0.793. The number of phosphoric ester groups is 1. The second-order valence-electron chi connectivity index (χ2n) is 6.65. The lowest BCUT2D eigenvalue weighted by Crippen LogP contribution is -2.26. The number of nitrogen functional groups attached to an aromatic ring is 1. The molecule has 2 unspecified atom stereocenters. The number of aromatic amines is 1. The summed E-state index contributed by atoms with van der Waals surface area (Å²) >= 11 is 0. The molecule has 0 spiro atoms. The van der Waals surface area contributed by atoms with E-state index in [2.05, 4.69) is 23.1 Å². The van der Waals surface area contributed by atoms with Gasteiger partial charge in [0.25, 0.3) is 5.56 Å². The van der Waals surface area contributed by atoms with Crippen LogP contribution in [0.3, 0.4) is 0 Å². The van der Waals surface area contributed by atoms with Gasteiger partial charge in [-0.3, -0.25) is 29.0 Å². The molecule has 34 heavy (non-hydrogen) atoms. The standard InChI is InChI=1S/C11H16N5O15P3/c12-11-13-9-8(10(18)14-11)4(16(19)20)2-15(9)7-1-5(17)6(29-7)3-28-33(24,25)31-34(26,27)30-32(21,22)23/h2,5-7,17H,1,3H2,(H,24,25)(H,26,27)(H2,21,22,23)(H3,12,13,14,18)/t5-,6+,7+/m0/s1. The minimum Gasteiger partial charge on any atom is -0.390 e. The summed E-state index contributed by atoms with van der Waals surface area (Å²) < 4.78 is 51.8. The Morgan fingerprint density at radius 3 is 2.50 bits per heavy atom. The molecule has 23 heteroatoms. The lowest BCUT2D eigenvalue weighted by Gasteiger charge is -2.19. The predicted molar refractivity (Wildman–Crippen MR) is 106 cm³/mol. The van der Waals surface area contributed by atoms with E-state index in [1.807, 2.05) is 0 Å². The zero-order chi connectivity index (χ0) is 25.6. The van der Waals surface area contributed by atoms with Crippen LogP contribution in [-0.2, 0) is 31.6 Å². The van der Waals surface area contributed by atoms with Crippen molar-refractivity contribution in [2.45, 2.75) is 24.9 Å². The molecule has 0 radical (unpaired) electrons. The molecule has 2 aromatic heterocycles. The molecule has 3 heterocycles. The van der Waals surface area contributed by atoms with Crippen molar-refractivity contribution in [1.29, 1.82) is 0 Å². The number of rotatable bonds is 9. The molecule has 0 aliphatic carbocycles. The number of anilines is 1. The normalized spacial score (nSPS) is 24.7. The summed E-state index contributed by atoms with van der Waals surface area (Å²) in [4.78, 5) is 64.2. The summed E-state index contributed by atoms with van der Waals surface area (Å²) in [6.45, 7) is -0.960. The highest BCUT2D eigenvalue weighted by molar-refractivity contribution is 7.66. The van der Waals surface area contributed by atoms with Gasteiger partial charge in [0.15, 0.2) is 11.0 Å². The molecule has 1 aliphatic rings. The Bertz CT molecular complexity index is 1320. The minimum absolute atomic E-state index is 0.251. The van der Waals surface area contributed by atoms with Gasteiger partial charge in [-0.05, 0) is 0 Å². The van der Waals surface area contributed by atoms with Crippen LogP contribution >= 0.6 is 23.5 Å². The largest absolute Gasteiger partial charge is 0.490 e. The fourth-order valence-corrected chi connectivity index (χ4v) is 6.05. The first-order valence-corrected chi connectivity index (χ1v) is 13.2. The van der Waals surface area contributed by atoms with E-state index in [0.29, 0.717) is 0 Å². The number of nitrogens with two attached hydrogens (primary N) is 1. The van der Waals surface area contributed by atoms with Gasteiger partial charge in [0.2, 0.25) is 5.95 Å². The van der Waals surface area contributed by atoms with E-state index in [1.165, 1.54) is 0 Å². The van der Waals surface area contributed by atoms with Gasteiger partial charge in [0.05, 0.1) is 23.8 Å². The number of H-pyrrole nitrogens is 1. The molecular formula is C11H16N5O15P3. The van der Waals surface area contributed by atoms with Crippen molar-refractivity contribution in [1.82, 2.24) is 14.5 Å². The van der Waals surface area contributed by atoms with Gasteiger partial charge in [-0.2, -0.15) is 13.6 Å². The summed E-state index contributed by atoms with van der Waals surface area (Å²) in [6, 6.07) is 0. The fourth-order valence-electron chi connectivity index (χ4n) is 3.02. The number of hydrogen-bond acceptors (Lipinski definition) is 13. The molecule has 0 bridgehead atoms. The number of hydrogen-bond donors (Lipinski definition) is 7. The van der Waals surface area contributed by atoms with E-state index in [4.69, 9.17) is 25.2 Å². The van der Waals surface area contributed by atoms with Crippen LogP contribution in [0.4, 0.5) is 11.6 Å². The molecule has 0 aromatic carbocycles. The highest BCUT2D eigenvalue weighted by Gasteiger charge is 2.43. The first kappa shape index (κ1) is 26.6. The van der Waals surface area contributed by atoms with Crippen molar-refractivity contribution in [2.24, 2.45) is 0 Å². The van der Waals surface area contributed by atoms with Gasteiger partial charge in [-0.15, -0.1) is 0 Å². The molecule has 1 fully saturated rings. The van der Waals surface area contributed by atoms with E-state index >= 15 is 0 Å². The maximum absolute atomic E-state index is 12.1. The Hall–Kier alpha value is -2.05. The molecule has 3 rings (SSSR count). The third kappa shape index (κ3) is 6.14. The zero-order valence-electron chi connectivity index (χ0n) is 16.3. The van der Waals surface area contributed by atoms with Crippen LogP contribution in [0.25, 0.3) is 11.0 Å². The van der Waals surface area contributed by atoms with Crippen LogP contribution in [-0.4, -0.2) is 63.0 Å². The van der Waals surface area contributed by atoms with Crippen molar-refractivity contribution in [3.05, 3.63) is 26.7 Å². The van der Waals surface area contributed by atoms with Crippen molar-refractivity contribution in [3.8, 4) is 0 Å². The average molecular weight is 551 g/mol. The third-order valence-corrected chi connectivity index (χ3v) is 8.01. The Morgan fingerprint density at radius 1 is 1.26 bits per heavy atom. The summed E-state index contributed by atoms with van der Waals surface area (Å²) in [6.07, 6.45) is -3.40. The number of nitro groups is 1. The molecule has 0 amide bonds. The minimum atomic E-state index is -5.74. The number of fused-ring (bicyclic) bond motifs is 1. The topological polar surface area (TPSA) is 309 Å². The lowest BCUT2D eigenvalue weighted by molar-refractivity contribution is -0.383. The number of aromatic nitrogens is 3. The number of aliphatic hydroxyl groups excluding tert-OH is 1. The maximum Gasteiger partial charge on any atom is 0.490 e. The van der Waals surface area contributed by atoms with Crippen LogP contribution in [0.15, 0.2) is 11.0 Å². The second-order valence-corrected chi connectivity index (χ2v) is 11.1. The highest BCUT2D eigenvalue weighted by Crippen LogP contribution is 2.66. The van der Waals surface area contributed by atoms with E-state index in [-0.39, 0.29) is 18.0 Å². The van der Waals surface area contributed by atoms with Gasteiger partial charge >= 0.3 is 29.2 Å². The fraction of sp³-hybridized carbons (Fsp3) is 0.455. The van der Waals surface area contributed by atoms with Gasteiger partial charge in [0.1, 0.15) is 12.3 Å². The molecule has 20 nitrogen and oxygen atoms in total. The van der Waals surface area contributed by atoms with E-state index in [1.54, 1.807) is 0 Å². The molecular weight excluding hydrogens is 535 g/mol. The van der Waals surface area contributed by atoms with Crippen LogP contribution < -0.4 is 11.3 Å². The highest BCUT2D eigenvalue weighted by atomic mass is 31.3. The van der Waals surface area contributed by atoms with Crippen LogP contribution in [0.1, 0.15) is 12.6 Å². The zero-order valence-corrected chi connectivity index (χ0v) is 19.0. The molecule has 0 saturated carbocycles. The number of nitrogens with zero attached hydrogens (tertiary/aromatic N) is 3. The van der Waals surface area contributed by atoms with E-state index < -0.39 is 70.1 Å². The van der Waals surface area contributed by atoms with Crippen LogP contribution in [0.5, 0.6) is 0 Å².